The number of aldehydes is 1. The average Bonchev–Trinajstić information content (AvgIpc) is 2.01. The van der Waals surface area contributed by atoms with Crippen molar-refractivity contribution in [1.29, 1.82) is 0 Å². The molecule has 0 aliphatic carbocycles. The Hall–Kier alpha value is -1.32. The van der Waals surface area contributed by atoms with Gasteiger partial charge in [0.25, 0.3) is 0 Å². The van der Waals surface area contributed by atoms with Crippen LogP contribution >= 0.6 is 0 Å². The van der Waals surface area contributed by atoms with Gasteiger partial charge < -0.3 is 0 Å². The molecule has 0 bridgehead atoms. The van der Waals surface area contributed by atoms with Crippen molar-refractivity contribution < 1.29 is 18.0 Å². The lowest BCUT2D eigenvalue weighted by atomic mass is 10.1. The summed E-state index contributed by atoms with van der Waals surface area (Å²) < 4.78 is 36.5. The smallest absolute Gasteiger partial charge is 0.298 e. The topological polar surface area (TPSA) is 17.1 Å². The van der Waals surface area contributed by atoms with E-state index >= 15 is 0 Å². The van der Waals surface area contributed by atoms with Crippen LogP contribution in [0.1, 0.15) is 21.5 Å². The van der Waals surface area contributed by atoms with Crippen LogP contribution in [-0.4, -0.2) is 6.29 Å². The van der Waals surface area contributed by atoms with Gasteiger partial charge in [-0.15, -0.1) is 0 Å². The van der Waals surface area contributed by atoms with Crippen LogP contribution < -0.4 is 0 Å². The van der Waals surface area contributed by atoms with Crippen LogP contribution in [0.4, 0.5) is 13.2 Å². The minimum absolute atomic E-state index is 0.0484. The van der Waals surface area contributed by atoms with Crippen molar-refractivity contribution in [3.8, 4) is 0 Å². The zero-order valence-electron chi connectivity index (χ0n) is 6.85. The summed E-state index contributed by atoms with van der Waals surface area (Å²) in [6, 6.07) is 3.25. The second-order valence-corrected chi connectivity index (χ2v) is 2.75. The zero-order valence-corrected chi connectivity index (χ0v) is 6.85. The molecule has 0 fully saturated rings. The molecule has 0 saturated heterocycles. The van der Waals surface area contributed by atoms with Crippen LogP contribution in [0.5, 0.6) is 0 Å². The molecule has 0 spiro atoms. The Labute approximate surface area is 73.2 Å². The van der Waals surface area contributed by atoms with E-state index in [4.69, 9.17) is 0 Å². The van der Waals surface area contributed by atoms with E-state index in [1.54, 1.807) is 0 Å². The summed E-state index contributed by atoms with van der Waals surface area (Å²) in [6.07, 6.45) is -3.98. The number of halogens is 3. The minimum atomic E-state index is -4.39. The first-order chi connectivity index (χ1) is 5.93. The standard InChI is InChI=1S/C9H7F3O/c1-6-2-7(5-13)4-8(3-6)9(10,11)12/h2-5H,1H3. The van der Waals surface area contributed by atoms with Gasteiger partial charge in [0.05, 0.1) is 5.56 Å². The molecule has 13 heavy (non-hydrogen) atoms. The molecule has 1 aromatic rings. The van der Waals surface area contributed by atoms with Crippen LogP contribution in [-0.2, 0) is 6.18 Å². The lowest BCUT2D eigenvalue weighted by molar-refractivity contribution is -0.137. The number of aryl methyl sites for hydroxylation is 1. The maximum absolute atomic E-state index is 12.2. The van der Waals surface area contributed by atoms with Gasteiger partial charge in [-0.1, -0.05) is 0 Å². The second kappa shape index (κ2) is 3.20. The first-order valence-corrected chi connectivity index (χ1v) is 3.57. The fourth-order valence-corrected chi connectivity index (χ4v) is 1.04. The largest absolute Gasteiger partial charge is 0.416 e. The lowest BCUT2D eigenvalue weighted by Crippen LogP contribution is -2.05. The Morgan fingerprint density at radius 2 is 1.85 bits per heavy atom. The molecule has 0 atom stereocenters. The highest BCUT2D eigenvalue weighted by atomic mass is 19.4. The molecule has 0 heterocycles. The Bertz CT molecular complexity index is 328. The third kappa shape index (κ3) is 2.31. The van der Waals surface area contributed by atoms with Crippen LogP contribution in [0.2, 0.25) is 0 Å². The van der Waals surface area contributed by atoms with Crippen molar-refractivity contribution >= 4 is 6.29 Å². The Balaban J connectivity index is 3.24. The Kier molecular flexibility index (Phi) is 2.40. The van der Waals surface area contributed by atoms with Gasteiger partial charge in [-0.3, -0.25) is 4.79 Å². The maximum Gasteiger partial charge on any atom is 0.416 e. The predicted octanol–water partition coefficient (Wildman–Crippen LogP) is 2.83. The van der Waals surface area contributed by atoms with E-state index in [1.807, 2.05) is 0 Å². The molecule has 1 aromatic carbocycles. The van der Waals surface area contributed by atoms with E-state index in [2.05, 4.69) is 0 Å². The molecule has 70 valence electrons. The van der Waals surface area contributed by atoms with Gasteiger partial charge in [-0.25, -0.2) is 0 Å². The minimum Gasteiger partial charge on any atom is -0.298 e. The Morgan fingerprint density at radius 1 is 1.23 bits per heavy atom. The molecule has 0 amide bonds. The third-order valence-electron chi connectivity index (χ3n) is 1.56. The maximum atomic E-state index is 12.2. The van der Waals surface area contributed by atoms with E-state index in [0.717, 1.165) is 12.1 Å². The third-order valence-corrected chi connectivity index (χ3v) is 1.56. The highest BCUT2D eigenvalue weighted by Gasteiger charge is 2.30. The summed E-state index contributed by atoms with van der Waals surface area (Å²) in [4.78, 5) is 10.3. The summed E-state index contributed by atoms with van der Waals surface area (Å²) in [7, 11) is 0. The summed E-state index contributed by atoms with van der Waals surface area (Å²) in [5.74, 6) is 0. The van der Waals surface area contributed by atoms with Gasteiger partial charge in [0.1, 0.15) is 6.29 Å². The monoisotopic (exact) mass is 188 g/mol. The summed E-state index contributed by atoms with van der Waals surface area (Å²) in [5.41, 5.74) is -0.307. The van der Waals surface area contributed by atoms with Gasteiger partial charge >= 0.3 is 6.18 Å². The highest BCUT2D eigenvalue weighted by Crippen LogP contribution is 2.30. The van der Waals surface area contributed by atoms with Gasteiger partial charge in [-0.05, 0) is 30.7 Å². The SMILES string of the molecule is Cc1cc(C=O)cc(C(F)(F)F)c1. The van der Waals surface area contributed by atoms with E-state index in [1.165, 1.54) is 13.0 Å². The molecule has 4 heteroatoms. The Morgan fingerprint density at radius 3 is 2.31 bits per heavy atom. The molecule has 0 saturated carbocycles. The zero-order chi connectivity index (χ0) is 10.1. The van der Waals surface area contributed by atoms with E-state index in [-0.39, 0.29) is 5.56 Å². The normalized spacial score (nSPS) is 11.4. The number of carbonyl (C=O) groups excluding carboxylic acids is 1. The quantitative estimate of drug-likeness (QED) is 0.619. The molecule has 0 radical (unpaired) electrons. The summed E-state index contributed by atoms with van der Waals surface area (Å²) in [5, 5.41) is 0. The van der Waals surface area contributed by atoms with E-state index in [9.17, 15) is 18.0 Å². The van der Waals surface area contributed by atoms with Gasteiger partial charge in [0.15, 0.2) is 0 Å². The van der Waals surface area contributed by atoms with Crippen LogP contribution in [0, 0.1) is 6.92 Å². The second-order valence-electron chi connectivity index (χ2n) is 2.75. The molecular formula is C9H7F3O. The number of alkyl halides is 3. The van der Waals surface area contributed by atoms with Crippen molar-refractivity contribution in [2.24, 2.45) is 0 Å². The fourth-order valence-electron chi connectivity index (χ4n) is 1.04. The molecule has 0 aliphatic rings. The van der Waals surface area contributed by atoms with Crippen LogP contribution in [0.25, 0.3) is 0 Å². The predicted molar refractivity (Wildman–Crippen MR) is 41.6 cm³/mol. The molecule has 1 nitrogen and oxygen atoms in total. The first-order valence-electron chi connectivity index (χ1n) is 3.57. The average molecular weight is 188 g/mol. The fraction of sp³-hybridized carbons (Fsp3) is 0.222. The van der Waals surface area contributed by atoms with Crippen molar-refractivity contribution in [1.82, 2.24) is 0 Å². The van der Waals surface area contributed by atoms with Gasteiger partial charge in [0.2, 0.25) is 0 Å². The van der Waals surface area contributed by atoms with Gasteiger partial charge in [-0.2, -0.15) is 13.2 Å². The van der Waals surface area contributed by atoms with Crippen molar-refractivity contribution in [2.45, 2.75) is 13.1 Å². The highest BCUT2D eigenvalue weighted by molar-refractivity contribution is 5.75. The number of hydrogen-bond donors (Lipinski definition) is 0. The number of rotatable bonds is 1. The number of benzene rings is 1. The van der Waals surface area contributed by atoms with Crippen LogP contribution in [0.3, 0.4) is 0 Å². The van der Waals surface area contributed by atoms with Crippen LogP contribution in [0.15, 0.2) is 18.2 Å². The molecular weight excluding hydrogens is 181 g/mol. The van der Waals surface area contributed by atoms with Crippen molar-refractivity contribution in [2.75, 3.05) is 0 Å². The summed E-state index contributed by atoms with van der Waals surface area (Å²) in [6.45, 7) is 1.52. The summed E-state index contributed by atoms with van der Waals surface area (Å²) >= 11 is 0. The molecule has 1 rings (SSSR count). The van der Waals surface area contributed by atoms with Gasteiger partial charge in [0, 0.05) is 5.56 Å². The van der Waals surface area contributed by atoms with E-state index in [0.29, 0.717) is 11.8 Å². The molecule has 0 aromatic heterocycles. The number of carbonyl (C=O) groups is 1. The first kappa shape index (κ1) is 9.77. The van der Waals surface area contributed by atoms with Crippen molar-refractivity contribution in [3.63, 3.8) is 0 Å². The van der Waals surface area contributed by atoms with E-state index < -0.39 is 11.7 Å². The van der Waals surface area contributed by atoms with Crippen molar-refractivity contribution in [3.05, 3.63) is 34.9 Å². The molecule has 0 N–H and O–H groups in total. The number of hydrogen-bond acceptors (Lipinski definition) is 1. The molecule has 0 aliphatic heterocycles. The lowest BCUT2D eigenvalue weighted by Gasteiger charge is -2.07. The molecule has 0 unspecified atom stereocenters.